The van der Waals surface area contributed by atoms with Gasteiger partial charge in [-0.05, 0) is 49.3 Å². The summed E-state index contributed by atoms with van der Waals surface area (Å²) in [4.78, 5) is 15.5. The molecule has 2 aromatic rings. The van der Waals surface area contributed by atoms with Gasteiger partial charge < -0.3 is 15.0 Å². The van der Waals surface area contributed by atoms with E-state index in [4.69, 9.17) is 4.74 Å². The van der Waals surface area contributed by atoms with E-state index in [2.05, 4.69) is 48.8 Å². The number of carbonyl (C=O) groups excluding carboxylic acids is 1. The van der Waals surface area contributed by atoms with Crippen LogP contribution in [-0.4, -0.2) is 36.8 Å². The number of amides is 1. The molecule has 1 unspecified atom stereocenters. The van der Waals surface area contributed by atoms with Crippen molar-refractivity contribution < 1.29 is 9.53 Å². The molecule has 1 aliphatic rings. The highest BCUT2D eigenvalue weighted by molar-refractivity contribution is 7.98. The Hall–Kier alpha value is -1.98. The van der Waals surface area contributed by atoms with Gasteiger partial charge in [0.2, 0.25) is 0 Å². The Morgan fingerprint density at radius 2 is 1.86 bits per heavy atom. The van der Waals surface area contributed by atoms with Gasteiger partial charge in [0.1, 0.15) is 5.75 Å². The highest BCUT2D eigenvalue weighted by Crippen LogP contribution is 2.28. The van der Waals surface area contributed by atoms with Gasteiger partial charge in [-0.3, -0.25) is 4.79 Å². The van der Waals surface area contributed by atoms with Crippen molar-refractivity contribution in [1.82, 2.24) is 10.2 Å². The fourth-order valence-electron chi connectivity index (χ4n) is 3.56. The number of likely N-dealkylation sites (tertiary alicyclic amines) is 1. The van der Waals surface area contributed by atoms with Crippen molar-refractivity contribution in [3.63, 3.8) is 0 Å². The number of rotatable bonds is 9. The van der Waals surface area contributed by atoms with Crippen molar-refractivity contribution in [2.45, 2.75) is 43.7 Å². The highest BCUT2D eigenvalue weighted by Gasteiger charge is 2.20. The molecule has 0 bridgehead atoms. The first-order chi connectivity index (χ1) is 13.7. The van der Waals surface area contributed by atoms with Gasteiger partial charge in [0, 0.05) is 36.1 Å². The topological polar surface area (TPSA) is 41.6 Å². The van der Waals surface area contributed by atoms with Gasteiger partial charge in [-0.1, -0.05) is 37.3 Å². The maximum absolute atomic E-state index is 12.3. The summed E-state index contributed by atoms with van der Waals surface area (Å²) in [7, 11) is 0. The zero-order valence-corrected chi connectivity index (χ0v) is 17.6. The summed E-state index contributed by atoms with van der Waals surface area (Å²) in [6.07, 6.45) is 5.24. The van der Waals surface area contributed by atoms with E-state index in [0.717, 1.165) is 50.2 Å². The van der Waals surface area contributed by atoms with Gasteiger partial charge in [0.25, 0.3) is 5.91 Å². The summed E-state index contributed by atoms with van der Waals surface area (Å²) in [5, 5.41) is 3.64. The first kappa shape index (κ1) is 20.7. The monoisotopic (exact) mass is 398 g/mol. The molecule has 1 heterocycles. The molecule has 4 nitrogen and oxygen atoms in total. The van der Waals surface area contributed by atoms with Crippen LogP contribution >= 0.6 is 11.8 Å². The molecule has 1 fully saturated rings. The Morgan fingerprint density at radius 3 is 2.54 bits per heavy atom. The molecule has 0 aromatic heterocycles. The van der Waals surface area contributed by atoms with Crippen LogP contribution in [0.5, 0.6) is 5.75 Å². The van der Waals surface area contributed by atoms with Crippen LogP contribution in [0, 0.1) is 0 Å². The number of nitrogens with one attached hydrogen (secondary N) is 1. The van der Waals surface area contributed by atoms with E-state index in [9.17, 15) is 4.79 Å². The SMILES string of the molecule is CCC(NCc1ccc(SC)cc1)c1ccccc1OCC(=O)N1CCCC1. The molecule has 1 amide bonds. The molecule has 1 atom stereocenters. The maximum atomic E-state index is 12.3. The summed E-state index contributed by atoms with van der Waals surface area (Å²) < 4.78 is 5.94. The molecule has 150 valence electrons. The van der Waals surface area contributed by atoms with Crippen molar-refractivity contribution in [3.05, 3.63) is 59.7 Å². The fraction of sp³-hybridized carbons (Fsp3) is 0.435. The number of nitrogens with zero attached hydrogens (tertiary/aromatic N) is 1. The van der Waals surface area contributed by atoms with E-state index in [1.54, 1.807) is 11.8 Å². The Morgan fingerprint density at radius 1 is 1.14 bits per heavy atom. The third-order valence-corrected chi connectivity index (χ3v) is 5.97. The van der Waals surface area contributed by atoms with Crippen LogP contribution in [0.3, 0.4) is 0 Å². The molecule has 5 heteroatoms. The molecule has 1 N–H and O–H groups in total. The van der Waals surface area contributed by atoms with Crippen LogP contribution in [0.4, 0.5) is 0 Å². The molecule has 0 spiro atoms. The lowest BCUT2D eigenvalue weighted by Gasteiger charge is -2.22. The van der Waals surface area contributed by atoms with E-state index >= 15 is 0 Å². The summed E-state index contributed by atoms with van der Waals surface area (Å²) in [5.74, 6) is 0.884. The lowest BCUT2D eigenvalue weighted by atomic mass is 10.0. The van der Waals surface area contributed by atoms with Gasteiger partial charge in [-0.2, -0.15) is 0 Å². The first-order valence-corrected chi connectivity index (χ1v) is 11.3. The van der Waals surface area contributed by atoms with Gasteiger partial charge in [0.15, 0.2) is 6.61 Å². The molecule has 2 aromatic carbocycles. The van der Waals surface area contributed by atoms with E-state index in [-0.39, 0.29) is 18.6 Å². The van der Waals surface area contributed by atoms with E-state index in [1.807, 2.05) is 23.1 Å². The molecule has 3 rings (SSSR count). The molecule has 0 saturated carbocycles. The van der Waals surface area contributed by atoms with Crippen LogP contribution in [-0.2, 0) is 11.3 Å². The Bertz CT molecular complexity index is 757. The van der Waals surface area contributed by atoms with Crippen LogP contribution in [0.15, 0.2) is 53.4 Å². The number of carbonyl (C=O) groups is 1. The van der Waals surface area contributed by atoms with Crippen molar-refractivity contribution in [1.29, 1.82) is 0 Å². The maximum Gasteiger partial charge on any atom is 0.260 e. The van der Waals surface area contributed by atoms with E-state index in [1.165, 1.54) is 10.5 Å². The number of ether oxygens (including phenoxy) is 1. The number of benzene rings is 2. The fourth-order valence-corrected chi connectivity index (χ4v) is 3.96. The average Bonchev–Trinajstić information content (AvgIpc) is 3.28. The molecular formula is C23H30N2O2S. The molecular weight excluding hydrogens is 368 g/mol. The third-order valence-electron chi connectivity index (χ3n) is 5.22. The zero-order valence-electron chi connectivity index (χ0n) is 16.8. The number of para-hydroxylation sites is 1. The summed E-state index contributed by atoms with van der Waals surface area (Å²) in [6.45, 7) is 4.80. The number of hydrogen-bond donors (Lipinski definition) is 1. The second-order valence-corrected chi connectivity index (χ2v) is 7.98. The molecule has 28 heavy (non-hydrogen) atoms. The van der Waals surface area contributed by atoms with E-state index in [0.29, 0.717) is 0 Å². The van der Waals surface area contributed by atoms with Crippen LogP contribution in [0.1, 0.15) is 43.4 Å². The molecule has 1 saturated heterocycles. The minimum atomic E-state index is 0.0854. The average molecular weight is 399 g/mol. The largest absolute Gasteiger partial charge is 0.483 e. The normalized spacial score (nSPS) is 14.9. The zero-order chi connectivity index (χ0) is 19.8. The number of thioether (sulfide) groups is 1. The van der Waals surface area contributed by atoms with Crippen LogP contribution in [0.25, 0.3) is 0 Å². The minimum Gasteiger partial charge on any atom is -0.483 e. The van der Waals surface area contributed by atoms with Gasteiger partial charge in [-0.25, -0.2) is 0 Å². The lowest BCUT2D eigenvalue weighted by Crippen LogP contribution is -2.32. The highest BCUT2D eigenvalue weighted by atomic mass is 32.2. The van der Waals surface area contributed by atoms with Crippen LogP contribution < -0.4 is 10.1 Å². The lowest BCUT2D eigenvalue weighted by molar-refractivity contribution is -0.132. The first-order valence-electron chi connectivity index (χ1n) is 10.1. The van der Waals surface area contributed by atoms with Gasteiger partial charge in [-0.15, -0.1) is 11.8 Å². The van der Waals surface area contributed by atoms with Crippen molar-refractivity contribution in [2.24, 2.45) is 0 Å². The van der Waals surface area contributed by atoms with Crippen LogP contribution in [0.2, 0.25) is 0 Å². The van der Waals surface area contributed by atoms with Crippen molar-refractivity contribution in [3.8, 4) is 5.75 Å². The summed E-state index contributed by atoms with van der Waals surface area (Å²) >= 11 is 1.75. The molecule has 0 radical (unpaired) electrons. The smallest absolute Gasteiger partial charge is 0.260 e. The second kappa shape index (κ2) is 10.5. The minimum absolute atomic E-state index is 0.0854. The summed E-state index contributed by atoms with van der Waals surface area (Å²) in [6, 6.07) is 16.9. The van der Waals surface area contributed by atoms with Gasteiger partial charge in [0.05, 0.1) is 0 Å². The molecule has 0 aliphatic carbocycles. The van der Waals surface area contributed by atoms with E-state index < -0.39 is 0 Å². The third kappa shape index (κ3) is 5.52. The standard InChI is InChI=1S/C23H30N2O2S/c1-3-21(24-16-18-10-12-19(28-2)13-11-18)20-8-4-5-9-22(20)27-17-23(26)25-14-6-7-15-25/h4-5,8-13,21,24H,3,6-7,14-17H2,1-2H3. The van der Waals surface area contributed by atoms with Gasteiger partial charge >= 0.3 is 0 Å². The van der Waals surface area contributed by atoms with Crippen molar-refractivity contribution in [2.75, 3.05) is 26.0 Å². The van der Waals surface area contributed by atoms with Crippen molar-refractivity contribution >= 4 is 17.7 Å². The predicted molar refractivity (Wildman–Crippen MR) is 116 cm³/mol. The Balaban J connectivity index is 1.62. The number of hydrogen-bond acceptors (Lipinski definition) is 4. The predicted octanol–water partition coefficient (Wildman–Crippen LogP) is 4.65. The summed E-state index contributed by atoms with van der Waals surface area (Å²) in [5.41, 5.74) is 2.37. The quantitative estimate of drug-likeness (QED) is 0.624. The second-order valence-electron chi connectivity index (χ2n) is 7.10. The Kier molecular flexibility index (Phi) is 7.80. The Labute approximate surface area is 172 Å². The molecule has 1 aliphatic heterocycles.